The molecule has 27 heavy (non-hydrogen) atoms. The molecule has 0 aromatic heterocycles. The van der Waals surface area contributed by atoms with E-state index in [1.807, 2.05) is 38.1 Å². The van der Waals surface area contributed by atoms with E-state index < -0.39 is 15.4 Å². The van der Waals surface area contributed by atoms with Crippen molar-refractivity contribution in [1.29, 1.82) is 0 Å². The van der Waals surface area contributed by atoms with Gasteiger partial charge in [0.1, 0.15) is 0 Å². The van der Waals surface area contributed by atoms with Gasteiger partial charge in [-0.25, -0.2) is 8.42 Å². The smallest absolute Gasteiger partial charge is 0.243 e. The third kappa shape index (κ3) is 4.39. The standard InChI is InChI=1S/C21H26N2O3S/c1-17-9-11-18(12-10-17)15-22-20(24)21(2)13-6-14-23(16-21)27(25,26)19-7-4-3-5-8-19/h3-5,7-12H,6,13-16H2,1-2H3,(H,22,24)/t21-/m0/s1. The first-order valence-electron chi connectivity index (χ1n) is 9.20. The Morgan fingerprint density at radius 2 is 1.78 bits per heavy atom. The molecular formula is C21H26N2O3S. The van der Waals surface area contributed by atoms with E-state index in [-0.39, 0.29) is 17.3 Å². The maximum atomic E-state index is 12.9. The number of aryl methyl sites for hydroxylation is 1. The van der Waals surface area contributed by atoms with Gasteiger partial charge < -0.3 is 5.32 Å². The number of nitrogens with one attached hydrogen (secondary N) is 1. The maximum Gasteiger partial charge on any atom is 0.243 e. The number of hydrogen-bond donors (Lipinski definition) is 1. The highest BCUT2D eigenvalue weighted by atomic mass is 32.2. The Hall–Kier alpha value is -2.18. The van der Waals surface area contributed by atoms with E-state index in [0.29, 0.717) is 25.9 Å². The Morgan fingerprint density at radius 3 is 2.44 bits per heavy atom. The van der Waals surface area contributed by atoms with Crippen molar-refractivity contribution >= 4 is 15.9 Å². The molecule has 0 radical (unpaired) electrons. The summed E-state index contributed by atoms with van der Waals surface area (Å²) in [6.45, 7) is 4.96. The van der Waals surface area contributed by atoms with Crippen molar-refractivity contribution in [3.8, 4) is 0 Å². The minimum Gasteiger partial charge on any atom is -0.352 e. The van der Waals surface area contributed by atoms with Gasteiger partial charge in [-0.1, -0.05) is 48.0 Å². The van der Waals surface area contributed by atoms with E-state index in [4.69, 9.17) is 0 Å². The fourth-order valence-corrected chi connectivity index (χ4v) is 5.05. The Morgan fingerprint density at radius 1 is 1.11 bits per heavy atom. The highest BCUT2D eigenvalue weighted by Crippen LogP contribution is 2.33. The van der Waals surface area contributed by atoms with Gasteiger partial charge in [-0.15, -0.1) is 0 Å². The van der Waals surface area contributed by atoms with Gasteiger partial charge in [0.25, 0.3) is 0 Å². The lowest BCUT2D eigenvalue weighted by atomic mass is 9.82. The second kappa shape index (κ2) is 7.82. The summed E-state index contributed by atoms with van der Waals surface area (Å²) in [5, 5.41) is 2.98. The van der Waals surface area contributed by atoms with Crippen LogP contribution in [0, 0.1) is 12.3 Å². The van der Waals surface area contributed by atoms with E-state index in [2.05, 4.69) is 5.32 Å². The summed E-state index contributed by atoms with van der Waals surface area (Å²) in [4.78, 5) is 13.1. The summed E-state index contributed by atoms with van der Waals surface area (Å²) >= 11 is 0. The highest BCUT2D eigenvalue weighted by Gasteiger charge is 2.41. The van der Waals surface area contributed by atoms with Crippen molar-refractivity contribution in [2.75, 3.05) is 13.1 Å². The third-order valence-corrected chi connectivity index (χ3v) is 7.02. The van der Waals surface area contributed by atoms with E-state index in [0.717, 1.165) is 5.56 Å². The summed E-state index contributed by atoms with van der Waals surface area (Å²) in [5.41, 5.74) is 1.47. The van der Waals surface area contributed by atoms with Crippen molar-refractivity contribution in [2.45, 2.75) is 38.1 Å². The topological polar surface area (TPSA) is 66.5 Å². The lowest BCUT2D eigenvalue weighted by molar-refractivity contribution is -0.132. The second-order valence-electron chi connectivity index (χ2n) is 7.48. The van der Waals surface area contributed by atoms with Crippen LogP contribution in [0.15, 0.2) is 59.5 Å². The van der Waals surface area contributed by atoms with Gasteiger partial charge in [-0.3, -0.25) is 4.79 Å². The molecule has 1 amide bonds. The van der Waals surface area contributed by atoms with Crippen LogP contribution in [0.25, 0.3) is 0 Å². The molecule has 2 aromatic carbocycles. The molecular weight excluding hydrogens is 360 g/mol. The minimum atomic E-state index is -3.59. The SMILES string of the molecule is Cc1ccc(CNC(=O)[C@@]2(C)CCCN(S(=O)(=O)c3ccccc3)C2)cc1. The lowest BCUT2D eigenvalue weighted by Gasteiger charge is -2.38. The monoisotopic (exact) mass is 386 g/mol. The normalized spacial score (nSPS) is 21.0. The molecule has 1 aliphatic rings. The van der Waals surface area contributed by atoms with Gasteiger partial charge in [0.15, 0.2) is 0 Å². The molecule has 1 heterocycles. The summed E-state index contributed by atoms with van der Waals surface area (Å²) in [6.07, 6.45) is 1.34. The molecule has 0 unspecified atom stereocenters. The van der Waals surface area contributed by atoms with Crippen molar-refractivity contribution < 1.29 is 13.2 Å². The van der Waals surface area contributed by atoms with Crippen LogP contribution in [0.3, 0.4) is 0 Å². The minimum absolute atomic E-state index is 0.101. The van der Waals surface area contributed by atoms with Crippen LogP contribution in [-0.4, -0.2) is 31.7 Å². The van der Waals surface area contributed by atoms with E-state index in [1.165, 1.54) is 9.87 Å². The molecule has 2 aromatic rings. The number of amides is 1. The fraction of sp³-hybridized carbons (Fsp3) is 0.381. The number of hydrogen-bond acceptors (Lipinski definition) is 3. The van der Waals surface area contributed by atoms with Gasteiger partial charge >= 0.3 is 0 Å². The number of rotatable bonds is 5. The quantitative estimate of drug-likeness (QED) is 0.859. The lowest BCUT2D eigenvalue weighted by Crippen LogP contribution is -2.51. The summed E-state index contributed by atoms with van der Waals surface area (Å²) in [7, 11) is -3.59. The first-order valence-corrected chi connectivity index (χ1v) is 10.6. The number of sulfonamides is 1. The highest BCUT2D eigenvalue weighted by molar-refractivity contribution is 7.89. The van der Waals surface area contributed by atoms with Crippen LogP contribution < -0.4 is 5.32 Å². The predicted octanol–water partition coefficient (Wildman–Crippen LogP) is 3.10. The molecule has 0 bridgehead atoms. The maximum absolute atomic E-state index is 12.9. The summed E-state index contributed by atoms with van der Waals surface area (Å²) in [6, 6.07) is 16.4. The zero-order valence-electron chi connectivity index (χ0n) is 15.8. The molecule has 0 aliphatic carbocycles. The second-order valence-corrected chi connectivity index (χ2v) is 9.42. The van der Waals surface area contributed by atoms with Crippen molar-refractivity contribution in [3.05, 3.63) is 65.7 Å². The molecule has 1 atom stereocenters. The molecule has 3 rings (SSSR count). The molecule has 1 fully saturated rings. The summed E-state index contributed by atoms with van der Waals surface area (Å²) in [5.74, 6) is -0.101. The average Bonchev–Trinajstić information content (AvgIpc) is 2.68. The first-order chi connectivity index (χ1) is 12.8. The van der Waals surface area contributed by atoms with E-state index in [1.54, 1.807) is 30.3 Å². The number of nitrogens with zero attached hydrogens (tertiary/aromatic N) is 1. The molecule has 6 heteroatoms. The zero-order valence-corrected chi connectivity index (χ0v) is 16.6. The average molecular weight is 387 g/mol. The van der Waals surface area contributed by atoms with Crippen LogP contribution in [0.2, 0.25) is 0 Å². The Balaban J connectivity index is 1.70. The number of piperidine rings is 1. The molecule has 0 saturated carbocycles. The van der Waals surface area contributed by atoms with Gasteiger partial charge in [-0.05, 0) is 44.4 Å². The Bertz CT molecular complexity index is 895. The van der Waals surface area contributed by atoms with E-state index in [9.17, 15) is 13.2 Å². The van der Waals surface area contributed by atoms with Crippen molar-refractivity contribution in [2.24, 2.45) is 5.41 Å². The van der Waals surface area contributed by atoms with Crippen LogP contribution in [0.5, 0.6) is 0 Å². The number of carbonyl (C=O) groups is 1. The zero-order chi connectivity index (χ0) is 19.5. The third-order valence-electron chi connectivity index (χ3n) is 5.16. The molecule has 144 valence electrons. The molecule has 0 spiro atoms. The van der Waals surface area contributed by atoms with Crippen molar-refractivity contribution in [1.82, 2.24) is 9.62 Å². The van der Waals surface area contributed by atoms with Crippen LogP contribution in [-0.2, 0) is 21.4 Å². The first kappa shape index (κ1) is 19.6. The predicted molar refractivity (Wildman–Crippen MR) is 106 cm³/mol. The number of carbonyl (C=O) groups excluding carboxylic acids is 1. The van der Waals surface area contributed by atoms with Gasteiger partial charge in [0.05, 0.1) is 10.3 Å². The molecule has 1 aliphatic heterocycles. The fourth-order valence-electron chi connectivity index (χ4n) is 3.43. The molecule has 1 N–H and O–H groups in total. The Labute approximate surface area is 161 Å². The van der Waals surface area contributed by atoms with Gasteiger partial charge in [-0.2, -0.15) is 4.31 Å². The van der Waals surface area contributed by atoms with Crippen LogP contribution in [0.1, 0.15) is 30.9 Å². The summed E-state index contributed by atoms with van der Waals surface area (Å²) < 4.78 is 27.2. The van der Waals surface area contributed by atoms with Crippen molar-refractivity contribution in [3.63, 3.8) is 0 Å². The van der Waals surface area contributed by atoms with Gasteiger partial charge in [0, 0.05) is 19.6 Å². The van der Waals surface area contributed by atoms with E-state index >= 15 is 0 Å². The van der Waals surface area contributed by atoms with Gasteiger partial charge in [0.2, 0.25) is 15.9 Å². The Kier molecular flexibility index (Phi) is 5.67. The largest absolute Gasteiger partial charge is 0.352 e. The molecule has 1 saturated heterocycles. The van der Waals surface area contributed by atoms with Crippen LogP contribution >= 0.6 is 0 Å². The van der Waals surface area contributed by atoms with Crippen LogP contribution in [0.4, 0.5) is 0 Å². The number of benzene rings is 2. The molecule has 5 nitrogen and oxygen atoms in total.